The van der Waals surface area contributed by atoms with Crippen molar-refractivity contribution in [3.8, 4) is 0 Å². The minimum absolute atomic E-state index is 0.0779. The second-order valence-electron chi connectivity index (χ2n) is 7.34. The minimum Gasteiger partial charge on any atom is -0.348 e. The Labute approximate surface area is 167 Å². The molecule has 0 saturated carbocycles. The average Bonchev–Trinajstić information content (AvgIpc) is 3.30. The van der Waals surface area contributed by atoms with Crippen molar-refractivity contribution in [3.63, 3.8) is 0 Å². The predicted octanol–water partition coefficient (Wildman–Crippen LogP) is 3.02. The maximum atomic E-state index is 12.8. The average molecular weight is 398 g/mol. The van der Waals surface area contributed by atoms with Gasteiger partial charge in [0.05, 0.1) is 0 Å². The molecular weight excluding hydrogens is 374 g/mol. The summed E-state index contributed by atoms with van der Waals surface area (Å²) in [6.45, 7) is 7.81. The highest BCUT2D eigenvalue weighted by Crippen LogP contribution is 2.28. The zero-order valence-corrected chi connectivity index (χ0v) is 17.1. The number of nitrogens with one attached hydrogen (secondary N) is 1. The first-order valence-corrected chi connectivity index (χ1v) is 10.2. The molecule has 0 unspecified atom stereocenters. The molecule has 1 aromatic carbocycles. The number of aromatic nitrogens is 3. The van der Waals surface area contributed by atoms with Crippen LogP contribution in [-0.4, -0.2) is 33.5 Å². The van der Waals surface area contributed by atoms with Gasteiger partial charge in [-0.3, -0.25) is 14.2 Å². The lowest BCUT2D eigenvalue weighted by Crippen LogP contribution is -2.28. The van der Waals surface area contributed by atoms with E-state index in [-0.39, 0.29) is 18.0 Å². The molecule has 146 valence electrons. The van der Waals surface area contributed by atoms with E-state index in [9.17, 15) is 9.59 Å². The number of benzene rings is 1. The van der Waals surface area contributed by atoms with Crippen LogP contribution in [0.3, 0.4) is 0 Å². The summed E-state index contributed by atoms with van der Waals surface area (Å²) in [4.78, 5) is 36.3. The van der Waals surface area contributed by atoms with E-state index in [1.165, 1.54) is 22.2 Å². The molecule has 0 aliphatic carbocycles. The fraction of sp³-hybridized carbons (Fsp3) is 0.400. The Kier molecular flexibility index (Phi) is 4.89. The topological polar surface area (TPSA) is 80.1 Å². The van der Waals surface area contributed by atoms with Gasteiger partial charge in [-0.25, -0.2) is 4.98 Å². The van der Waals surface area contributed by atoms with Gasteiger partial charge >= 0.3 is 0 Å². The van der Waals surface area contributed by atoms with E-state index in [0.717, 1.165) is 53.4 Å². The predicted molar refractivity (Wildman–Crippen MR) is 112 cm³/mol. The van der Waals surface area contributed by atoms with Crippen LogP contribution < -0.4 is 15.8 Å². The highest BCUT2D eigenvalue weighted by atomic mass is 32.1. The van der Waals surface area contributed by atoms with Gasteiger partial charge in [-0.15, -0.1) is 0 Å². The highest BCUT2D eigenvalue weighted by molar-refractivity contribution is 7.22. The number of thiazole rings is 1. The van der Waals surface area contributed by atoms with Crippen molar-refractivity contribution in [2.75, 3.05) is 23.3 Å². The minimum atomic E-state index is -0.248. The van der Waals surface area contributed by atoms with Crippen LogP contribution in [0.5, 0.6) is 0 Å². The van der Waals surface area contributed by atoms with Crippen molar-refractivity contribution >= 4 is 38.4 Å². The molecular formula is C20H23N5O2S. The fourth-order valence-electron chi connectivity index (χ4n) is 3.70. The molecule has 0 radical (unpaired) electrons. The van der Waals surface area contributed by atoms with Crippen molar-refractivity contribution in [1.82, 2.24) is 14.5 Å². The highest BCUT2D eigenvalue weighted by Gasteiger charge is 2.19. The monoisotopic (exact) mass is 397 g/mol. The molecule has 0 atom stereocenters. The molecule has 2 aromatic heterocycles. The lowest BCUT2D eigenvalue weighted by atomic mass is 10.1. The molecule has 1 aliphatic heterocycles. The molecule has 7 nitrogen and oxygen atoms in total. The van der Waals surface area contributed by atoms with Crippen molar-refractivity contribution in [3.05, 3.63) is 45.5 Å². The number of rotatable bonds is 4. The van der Waals surface area contributed by atoms with Crippen LogP contribution in [-0.2, 0) is 11.3 Å². The third-order valence-corrected chi connectivity index (χ3v) is 6.10. The molecule has 3 heterocycles. The van der Waals surface area contributed by atoms with Crippen molar-refractivity contribution < 1.29 is 4.79 Å². The Morgan fingerprint density at radius 1 is 1.18 bits per heavy atom. The van der Waals surface area contributed by atoms with Crippen LogP contribution in [0, 0.1) is 20.8 Å². The van der Waals surface area contributed by atoms with Gasteiger partial charge in [0.1, 0.15) is 17.6 Å². The second-order valence-corrected chi connectivity index (χ2v) is 8.32. The first kappa shape index (κ1) is 18.6. The molecule has 28 heavy (non-hydrogen) atoms. The summed E-state index contributed by atoms with van der Waals surface area (Å²) in [7, 11) is 0. The van der Waals surface area contributed by atoms with Crippen molar-refractivity contribution in [1.29, 1.82) is 0 Å². The molecule has 1 fully saturated rings. The summed E-state index contributed by atoms with van der Waals surface area (Å²) >= 11 is 1.36. The van der Waals surface area contributed by atoms with Crippen LogP contribution in [0.2, 0.25) is 0 Å². The molecule has 0 spiro atoms. The van der Waals surface area contributed by atoms with E-state index >= 15 is 0 Å². The molecule has 1 aliphatic rings. The number of aryl methyl sites for hydroxylation is 3. The van der Waals surface area contributed by atoms with E-state index in [1.807, 2.05) is 32.9 Å². The third kappa shape index (κ3) is 3.52. The Hall–Kier alpha value is -2.74. The quantitative estimate of drug-likeness (QED) is 0.732. The summed E-state index contributed by atoms with van der Waals surface area (Å²) in [6.07, 6.45) is 3.70. The number of hydrogen-bond acceptors (Lipinski definition) is 6. The maximum absolute atomic E-state index is 12.8. The molecule has 1 saturated heterocycles. The van der Waals surface area contributed by atoms with Gasteiger partial charge < -0.3 is 10.2 Å². The largest absolute Gasteiger partial charge is 0.348 e. The van der Waals surface area contributed by atoms with Crippen LogP contribution in [0.1, 0.15) is 29.5 Å². The lowest BCUT2D eigenvalue weighted by Gasteiger charge is -2.13. The van der Waals surface area contributed by atoms with Crippen LogP contribution in [0.25, 0.3) is 10.3 Å². The molecule has 3 aromatic rings. The molecule has 0 bridgehead atoms. The SMILES string of the molecule is Cc1cc(C)c(NC(=O)Cn2cnc3nc(N4CCCC4)sc3c2=O)c(C)c1. The summed E-state index contributed by atoms with van der Waals surface area (Å²) < 4.78 is 1.85. The van der Waals surface area contributed by atoms with Gasteiger partial charge in [0.15, 0.2) is 10.8 Å². The summed E-state index contributed by atoms with van der Waals surface area (Å²) in [5, 5.41) is 3.77. The third-order valence-electron chi connectivity index (χ3n) is 5.00. The Bertz CT molecular complexity index is 1090. The summed E-state index contributed by atoms with van der Waals surface area (Å²) in [5.74, 6) is -0.248. The van der Waals surface area contributed by atoms with E-state index < -0.39 is 0 Å². The number of nitrogens with zero attached hydrogens (tertiary/aromatic N) is 4. The maximum Gasteiger partial charge on any atom is 0.273 e. The smallest absolute Gasteiger partial charge is 0.273 e. The fourth-order valence-corrected chi connectivity index (χ4v) is 4.72. The van der Waals surface area contributed by atoms with Gasteiger partial charge in [0.2, 0.25) is 5.91 Å². The van der Waals surface area contributed by atoms with Gasteiger partial charge in [-0.05, 0) is 44.7 Å². The van der Waals surface area contributed by atoms with Crippen molar-refractivity contribution in [2.45, 2.75) is 40.2 Å². The standard InChI is InChI=1S/C20H23N5O2S/c1-12-8-13(2)16(14(3)9-12)22-15(26)10-25-11-21-18-17(19(25)27)28-20(23-18)24-6-4-5-7-24/h8-9,11H,4-7,10H2,1-3H3,(H,22,26). The Morgan fingerprint density at radius 3 is 2.54 bits per heavy atom. The Morgan fingerprint density at radius 2 is 1.86 bits per heavy atom. The molecule has 8 heteroatoms. The zero-order valence-electron chi connectivity index (χ0n) is 16.3. The first-order valence-electron chi connectivity index (χ1n) is 9.41. The van der Waals surface area contributed by atoms with Crippen LogP contribution in [0.4, 0.5) is 10.8 Å². The van der Waals surface area contributed by atoms with Gasteiger partial charge in [-0.2, -0.15) is 4.98 Å². The molecule has 4 rings (SSSR count). The van der Waals surface area contributed by atoms with Gasteiger partial charge in [-0.1, -0.05) is 29.0 Å². The number of anilines is 2. The van der Waals surface area contributed by atoms with E-state index in [4.69, 9.17) is 0 Å². The first-order chi connectivity index (χ1) is 13.4. The zero-order chi connectivity index (χ0) is 19.8. The summed E-state index contributed by atoms with van der Waals surface area (Å²) in [5.41, 5.74) is 4.19. The number of fused-ring (bicyclic) bond motifs is 1. The van der Waals surface area contributed by atoms with Gasteiger partial charge in [0.25, 0.3) is 5.56 Å². The lowest BCUT2D eigenvalue weighted by molar-refractivity contribution is -0.116. The van der Waals surface area contributed by atoms with E-state index in [0.29, 0.717) is 10.3 Å². The van der Waals surface area contributed by atoms with E-state index in [2.05, 4.69) is 20.2 Å². The van der Waals surface area contributed by atoms with Gasteiger partial charge in [0, 0.05) is 18.8 Å². The molecule has 1 N–H and O–H groups in total. The van der Waals surface area contributed by atoms with Crippen LogP contribution >= 0.6 is 11.3 Å². The number of carbonyl (C=O) groups excluding carboxylic acids is 1. The Balaban J connectivity index is 1.57. The van der Waals surface area contributed by atoms with E-state index in [1.54, 1.807) is 0 Å². The number of amides is 1. The molecule has 1 amide bonds. The number of hydrogen-bond donors (Lipinski definition) is 1. The number of carbonyl (C=O) groups is 1. The van der Waals surface area contributed by atoms with Crippen molar-refractivity contribution in [2.24, 2.45) is 0 Å². The second kappa shape index (κ2) is 7.35. The van der Waals surface area contributed by atoms with Crippen LogP contribution in [0.15, 0.2) is 23.3 Å². The normalized spacial score (nSPS) is 14.0. The summed E-state index contributed by atoms with van der Waals surface area (Å²) in [6, 6.07) is 4.05.